The summed E-state index contributed by atoms with van der Waals surface area (Å²) in [5, 5.41) is 5.81. The summed E-state index contributed by atoms with van der Waals surface area (Å²) in [6.45, 7) is 2.52. The highest BCUT2D eigenvalue weighted by atomic mass is 32.1. The number of nitrogens with zero attached hydrogens (tertiary/aromatic N) is 4. The fourth-order valence-electron chi connectivity index (χ4n) is 4.21. The molecule has 4 heterocycles. The van der Waals surface area contributed by atoms with Crippen LogP contribution in [0.3, 0.4) is 0 Å². The van der Waals surface area contributed by atoms with Crippen molar-refractivity contribution < 1.29 is 18.0 Å². The number of halogens is 3. The van der Waals surface area contributed by atoms with Gasteiger partial charge in [-0.05, 0) is 42.8 Å². The molecule has 0 radical (unpaired) electrons. The lowest BCUT2D eigenvalue weighted by Crippen LogP contribution is -2.31. The molecule has 164 valence electrons. The highest BCUT2D eigenvalue weighted by molar-refractivity contribution is 7.13. The normalized spacial score (nSPS) is 16.8. The van der Waals surface area contributed by atoms with Gasteiger partial charge in [0.15, 0.2) is 17.0 Å². The van der Waals surface area contributed by atoms with E-state index in [0.29, 0.717) is 11.4 Å². The molecule has 1 aromatic carbocycles. The second-order valence-corrected chi connectivity index (χ2v) is 8.82. The van der Waals surface area contributed by atoms with Crippen LogP contribution >= 0.6 is 11.3 Å². The lowest BCUT2D eigenvalue weighted by molar-refractivity contribution is -0.142. The number of likely N-dealkylation sites (tertiary alicyclic amines) is 1. The zero-order valence-corrected chi connectivity index (χ0v) is 18.0. The second kappa shape index (κ2) is 7.74. The Morgan fingerprint density at radius 2 is 2.00 bits per heavy atom. The number of amides is 1. The molecule has 1 aliphatic rings. The van der Waals surface area contributed by atoms with Crippen molar-refractivity contribution in [3.63, 3.8) is 0 Å². The summed E-state index contributed by atoms with van der Waals surface area (Å²) in [5.74, 6) is -0.384. The van der Waals surface area contributed by atoms with E-state index in [1.54, 1.807) is 22.4 Å². The van der Waals surface area contributed by atoms with Crippen molar-refractivity contribution in [3.8, 4) is 10.6 Å². The van der Waals surface area contributed by atoms with E-state index in [1.807, 2.05) is 31.2 Å². The van der Waals surface area contributed by atoms with E-state index in [-0.39, 0.29) is 29.0 Å². The third-order valence-electron chi connectivity index (χ3n) is 5.65. The zero-order valence-electron chi connectivity index (χ0n) is 17.1. The topological polar surface area (TPSA) is 50.5 Å². The van der Waals surface area contributed by atoms with Gasteiger partial charge in [0.2, 0.25) is 0 Å². The van der Waals surface area contributed by atoms with Gasteiger partial charge in [0.05, 0.1) is 16.6 Å². The molecule has 9 heteroatoms. The van der Waals surface area contributed by atoms with Crippen LogP contribution in [0.1, 0.15) is 46.2 Å². The van der Waals surface area contributed by atoms with Crippen LogP contribution in [0.25, 0.3) is 16.2 Å². The van der Waals surface area contributed by atoms with Crippen molar-refractivity contribution in [2.75, 3.05) is 6.54 Å². The maximum atomic E-state index is 13.8. The SMILES string of the molecule is Cc1cccc([C@@H]2CCCN2C(=O)c2cc3nc(-c4cccs4)cc(C(F)(F)F)n3n2)c1. The van der Waals surface area contributed by atoms with E-state index >= 15 is 0 Å². The average molecular weight is 456 g/mol. The quantitative estimate of drug-likeness (QED) is 0.394. The lowest BCUT2D eigenvalue weighted by Gasteiger charge is -2.24. The number of carbonyl (C=O) groups is 1. The number of rotatable bonds is 3. The van der Waals surface area contributed by atoms with Gasteiger partial charge >= 0.3 is 6.18 Å². The van der Waals surface area contributed by atoms with E-state index in [2.05, 4.69) is 10.1 Å². The van der Waals surface area contributed by atoms with Gasteiger partial charge in [0, 0.05) is 12.6 Å². The molecular weight excluding hydrogens is 437 g/mol. The summed E-state index contributed by atoms with van der Waals surface area (Å²) < 4.78 is 42.1. The minimum atomic E-state index is -4.64. The van der Waals surface area contributed by atoms with Crippen molar-refractivity contribution in [2.45, 2.75) is 32.0 Å². The predicted molar refractivity (Wildman–Crippen MR) is 115 cm³/mol. The summed E-state index contributed by atoms with van der Waals surface area (Å²) in [4.78, 5) is 20.0. The number of hydrogen-bond acceptors (Lipinski definition) is 4. The Bertz CT molecular complexity index is 1300. The average Bonchev–Trinajstić information content (AvgIpc) is 3.52. The van der Waals surface area contributed by atoms with Crippen LogP contribution in [-0.4, -0.2) is 31.9 Å². The Labute approximate surface area is 186 Å². The van der Waals surface area contributed by atoms with Crippen LogP contribution in [0, 0.1) is 6.92 Å². The Morgan fingerprint density at radius 1 is 1.16 bits per heavy atom. The number of alkyl halides is 3. The molecule has 0 N–H and O–H groups in total. The van der Waals surface area contributed by atoms with Gasteiger partial charge in [-0.25, -0.2) is 9.50 Å². The summed E-state index contributed by atoms with van der Waals surface area (Å²) in [5.41, 5.74) is 1.33. The van der Waals surface area contributed by atoms with Crippen LogP contribution in [-0.2, 0) is 6.18 Å². The molecule has 5 nitrogen and oxygen atoms in total. The van der Waals surface area contributed by atoms with Gasteiger partial charge in [0.1, 0.15) is 0 Å². The van der Waals surface area contributed by atoms with E-state index in [9.17, 15) is 18.0 Å². The molecular formula is C23H19F3N4OS. The van der Waals surface area contributed by atoms with Crippen molar-refractivity contribution in [1.82, 2.24) is 19.5 Å². The third-order valence-corrected chi connectivity index (χ3v) is 6.54. The van der Waals surface area contributed by atoms with Crippen LogP contribution in [0.5, 0.6) is 0 Å². The Morgan fingerprint density at radius 3 is 2.72 bits per heavy atom. The monoisotopic (exact) mass is 456 g/mol. The van der Waals surface area contributed by atoms with Gasteiger partial charge in [0.25, 0.3) is 5.91 Å². The molecule has 0 spiro atoms. The molecule has 1 saturated heterocycles. The van der Waals surface area contributed by atoms with Gasteiger partial charge in [-0.1, -0.05) is 35.9 Å². The first-order chi connectivity index (χ1) is 15.3. The summed E-state index contributed by atoms with van der Waals surface area (Å²) in [7, 11) is 0. The minimum Gasteiger partial charge on any atom is -0.330 e. The van der Waals surface area contributed by atoms with Gasteiger partial charge < -0.3 is 4.90 Å². The second-order valence-electron chi connectivity index (χ2n) is 7.87. The molecule has 1 fully saturated rings. The molecule has 1 atom stereocenters. The van der Waals surface area contributed by atoms with Crippen LogP contribution in [0.2, 0.25) is 0 Å². The molecule has 3 aromatic heterocycles. The van der Waals surface area contributed by atoms with E-state index < -0.39 is 11.9 Å². The Balaban J connectivity index is 1.56. The highest BCUT2D eigenvalue weighted by Gasteiger charge is 2.37. The van der Waals surface area contributed by atoms with Crippen molar-refractivity contribution in [2.24, 2.45) is 0 Å². The number of aromatic nitrogens is 3. The van der Waals surface area contributed by atoms with Crippen molar-refractivity contribution in [3.05, 3.63) is 76.4 Å². The van der Waals surface area contributed by atoms with E-state index in [0.717, 1.165) is 34.6 Å². The number of aryl methyl sites for hydroxylation is 1. The van der Waals surface area contributed by atoms with Crippen molar-refractivity contribution >= 4 is 22.9 Å². The molecule has 32 heavy (non-hydrogen) atoms. The Hall–Kier alpha value is -3.20. The summed E-state index contributed by atoms with van der Waals surface area (Å²) in [6.07, 6.45) is -3.01. The summed E-state index contributed by atoms with van der Waals surface area (Å²) >= 11 is 1.30. The fraction of sp³-hybridized carbons (Fsp3) is 0.261. The molecule has 0 aliphatic carbocycles. The maximum absolute atomic E-state index is 13.8. The number of fused-ring (bicyclic) bond motifs is 1. The number of carbonyl (C=O) groups excluding carboxylic acids is 1. The first-order valence-corrected chi connectivity index (χ1v) is 11.1. The van der Waals surface area contributed by atoms with Gasteiger partial charge in [-0.15, -0.1) is 11.3 Å². The molecule has 4 aromatic rings. The number of benzene rings is 1. The highest BCUT2D eigenvalue weighted by Crippen LogP contribution is 2.35. The van der Waals surface area contributed by atoms with Gasteiger partial charge in [-0.2, -0.15) is 18.3 Å². The molecule has 1 aliphatic heterocycles. The largest absolute Gasteiger partial charge is 0.433 e. The van der Waals surface area contributed by atoms with Crippen LogP contribution in [0.15, 0.2) is 53.9 Å². The van der Waals surface area contributed by atoms with Crippen molar-refractivity contribution in [1.29, 1.82) is 0 Å². The summed E-state index contributed by atoms with van der Waals surface area (Å²) in [6, 6.07) is 13.6. The fourth-order valence-corrected chi connectivity index (χ4v) is 4.90. The first kappa shape index (κ1) is 20.7. The maximum Gasteiger partial charge on any atom is 0.433 e. The molecule has 0 saturated carbocycles. The van der Waals surface area contributed by atoms with E-state index in [4.69, 9.17) is 0 Å². The molecule has 5 rings (SSSR count). The molecule has 0 bridgehead atoms. The number of hydrogen-bond donors (Lipinski definition) is 0. The predicted octanol–water partition coefficient (Wildman–Crippen LogP) is 5.76. The first-order valence-electron chi connectivity index (χ1n) is 10.2. The molecule has 0 unspecified atom stereocenters. The Kier molecular flexibility index (Phi) is 5.00. The van der Waals surface area contributed by atoms with Crippen LogP contribution < -0.4 is 0 Å². The molecule has 1 amide bonds. The standard InChI is InChI=1S/C23H19F3N4OS/c1-14-5-2-6-15(11-14)18-7-3-9-29(18)22(31)17-13-21-27-16(19-8-4-10-32-19)12-20(23(24,25)26)30(21)28-17/h2,4-6,8,10-13,18H,3,7,9H2,1H3/t18-/m0/s1. The van der Waals surface area contributed by atoms with E-state index in [1.165, 1.54) is 17.4 Å². The minimum absolute atomic E-state index is 0.00197. The third kappa shape index (κ3) is 3.66. The zero-order chi connectivity index (χ0) is 22.5. The van der Waals surface area contributed by atoms with Crippen LogP contribution in [0.4, 0.5) is 13.2 Å². The smallest absolute Gasteiger partial charge is 0.330 e. The number of thiophene rings is 1. The van der Waals surface area contributed by atoms with Gasteiger partial charge in [-0.3, -0.25) is 4.79 Å². The lowest BCUT2D eigenvalue weighted by atomic mass is 10.0.